The summed E-state index contributed by atoms with van der Waals surface area (Å²) in [5.74, 6) is -0.863. The van der Waals surface area contributed by atoms with Crippen LogP contribution >= 0.6 is 0 Å². The summed E-state index contributed by atoms with van der Waals surface area (Å²) in [6, 6.07) is 9.58. The number of carbonyl (C=O) groups excluding carboxylic acids is 1. The number of carbonyl (C=O) groups is 1. The molecule has 33 heavy (non-hydrogen) atoms. The van der Waals surface area contributed by atoms with Crippen molar-refractivity contribution in [2.24, 2.45) is 0 Å². The van der Waals surface area contributed by atoms with Gasteiger partial charge in [-0.25, -0.2) is 14.2 Å². The highest BCUT2D eigenvalue weighted by Crippen LogP contribution is 2.32. The number of ether oxygens (including phenoxy) is 1. The number of anilines is 1. The first-order valence-corrected chi connectivity index (χ1v) is 10.2. The van der Waals surface area contributed by atoms with Crippen LogP contribution in [0.1, 0.15) is 36.0 Å². The van der Waals surface area contributed by atoms with E-state index in [9.17, 15) is 14.3 Å². The summed E-state index contributed by atoms with van der Waals surface area (Å²) in [6.07, 6.45) is 1.59. The number of imidazole rings is 1. The van der Waals surface area contributed by atoms with E-state index in [1.165, 1.54) is 12.1 Å². The van der Waals surface area contributed by atoms with E-state index in [-0.39, 0.29) is 31.1 Å². The van der Waals surface area contributed by atoms with Crippen LogP contribution in [0, 0.1) is 22.6 Å². The predicted octanol–water partition coefficient (Wildman–Crippen LogP) is 3.62. The molecule has 170 valence electrons. The molecule has 0 bridgehead atoms. The van der Waals surface area contributed by atoms with Crippen LogP contribution in [0.4, 0.5) is 14.9 Å². The first-order chi connectivity index (χ1) is 15.8. The molecule has 0 atom stereocenters. The van der Waals surface area contributed by atoms with Gasteiger partial charge in [-0.1, -0.05) is 19.1 Å². The van der Waals surface area contributed by atoms with Crippen LogP contribution in [0.5, 0.6) is 5.75 Å². The molecule has 0 radical (unpaired) electrons. The molecule has 0 aliphatic rings. The Bertz CT molecular complexity index is 1230. The zero-order valence-electron chi connectivity index (χ0n) is 17.9. The normalized spacial score (nSPS) is 10.5. The first kappa shape index (κ1) is 23.3. The number of nitrogen functional groups attached to an aromatic ring is 1. The number of benzene rings is 2. The zero-order chi connectivity index (χ0) is 24.0. The Labute approximate surface area is 189 Å². The molecule has 0 spiro atoms. The maximum absolute atomic E-state index is 13.9. The lowest BCUT2D eigenvalue weighted by molar-refractivity contribution is 0.148. The molecular weight excluding hydrogens is 427 g/mol. The molecule has 0 aliphatic heterocycles. The van der Waals surface area contributed by atoms with E-state index in [1.54, 1.807) is 24.4 Å². The topological polar surface area (TPSA) is 161 Å². The van der Waals surface area contributed by atoms with Crippen LogP contribution < -0.4 is 11.1 Å². The van der Waals surface area contributed by atoms with E-state index < -0.39 is 17.7 Å². The molecule has 10 heteroatoms. The summed E-state index contributed by atoms with van der Waals surface area (Å²) < 4.78 is 18.7. The summed E-state index contributed by atoms with van der Waals surface area (Å²) in [4.78, 5) is 18.7. The van der Waals surface area contributed by atoms with Gasteiger partial charge in [-0.3, -0.25) is 5.41 Å². The molecule has 0 fully saturated rings. The van der Waals surface area contributed by atoms with Crippen molar-refractivity contribution in [1.82, 2.24) is 15.3 Å². The Morgan fingerprint density at radius 2 is 2.18 bits per heavy atom. The zero-order valence-corrected chi connectivity index (χ0v) is 17.9. The fourth-order valence-electron chi connectivity index (χ4n) is 3.23. The summed E-state index contributed by atoms with van der Waals surface area (Å²) >= 11 is 0. The molecule has 6 N–H and O–H groups in total. The van der Waals surface area contributed by atoms with Crippen molar-refractivity contribution in [1.29, 1.82) is 10.7 Å². The third-order valence-electron chi connectivity index (χ3n) is 4.91. The van der Waals surface area contributed by atoms with Gasteiger partial charge >= 0.3 is 6.09 Å². The second-order valence-electron chi connectivity index (χ2n) is 7.13. The van der Waals surface area contributed by atoms with E-state index >= 15 is 0 Å². The summed E-state index contributed by atoms with van der Waals surface area (Å²) in [6.45, 7) is 1.99. The molecule has 3 aromatic rings. The number of nitriles is 1. The largest absolute Gasteiger partial charge is 0.505 e. The van der Waals surface area contributed by atoms with Gasteiger partial charge in [0, 0.05) is 17.4 Å². The Hall–Kier alpha value is -4.39. The van der Waals surface area contributed by atoms with Gasteiger partial charge in [0.25, 0.3) is 0 Å². The number of phenolic OH excluding ortho intramolecular Hbond substituents is 1. The summed E-state index contributed by atoms with van der Waals surface area (Å²) in [5, 5.41) is 29.1. The van der Waals surface area contributed by atoms with Crippen LogP contribution in [0.15, 0.2) is 36.5 Å². The molecule has 2 aromatic carbocycles. The van der Waals surface area contributed by atoms with E-state index in [1.807, 2.05) is 13.0 Å². The number of aromatic amines is 1. The lowest BCUT2D eigenvalue weighted by Crippen LogP contribution is -2.24. The number of nitrogens with two attached hydrogens (primary N) is 1. The fourth-order valence-corrected chi connectivity index (χ4v) is 3.23. The number of H-pyrrole nitrogens is 1. The second-order valence-corrected chi connectivity index (χ2v) is 7.13. The van der Waals surface area contributed by atoms with Gasteiger partial charge in [-0.15, -0.1) is 0 Å². The quantitative estimate of drug-likeness (QED) is 0.200. The van der Waals surface area contributed by atoms with E-state index in [0.717, 1.165) is 5.56 Å². The Morgan fingerprint density at radius 1 is 1.39 bits per heavy atom. The number of alkyl carbamates (subject to hydrolysis) is 1. The number of hydrogen-bond donors (Lipinski definition) is 5. The van der Waals surface area contributed by atoms with Crippen molar-refractivity contribution < 1.29 is 19.0 Å². The Morgan fingerprint density at radius 3 is 2.88 bits per heavy atom. The van der Waals surface area contributed by atoms with Crippen molar-refractivity contribution in [3.63, 3.8) is 0 Å². The molecule has 1 aromatic heterocycles. The smallest absolute Gasteiger partial charge is 0.407 e. The summed E-state index contributed by atoms with van der Waals surface area (Å²) in [5.41, 5.74) is 9.52. The number of nitrogens with one attached hydrogen (secondary N) is 3. The molecule has 0 saturated heterocycles. The lowest BCUT2D eigenvalue weighted by atomic mass is 9.95. The van der Waals surface area contributed by atoms with Gasteiger partial charge in [-0.2, -0.15) is 5.26 Å². The highest BCUT2D eigenvalue weighted by Gasteiger charge is 2.16. The third kappa shape index (κ3) is 5.46. The van der Waals surface area contributed by atoms with Crippen LogP contribution in [-0.4, -0.2) is 33.5 Å². The Balaban J connectivity index is 1.74. The number of aromatic nitrogens is 2. The van der Waals surface area contributed by atoms with Crippen molar-refractivity contribution in [2.75, 3.05) is 12.3 Å². The van der Waals surface area contributed by atoms with Crippen molar-refractivity contribution in [3.8, 4) is 22.9 Å². The van der Waals surface area contributed by atoms with E-state index in [4.69, 9.17) is 21.1 Å². The van der Waals surface area contributed by atoms with Crippen molar-refractivity contribution in [3.05, 3.63) is 65.0 Å². The van der Waals surface area contributed by atoms with Gasteiger partial charge < -0.3 is 25.9 Å². The molecule has 3 rings (SSSR count). The molecule has 1 heterocycles. The third-order valence-corrected chi connectivity index (χ3v) is 4.91. The average Bonchev–Trinajstić information content (AvgIpc) is 3.28. The van der Waals surface area contributed by atoms with Crippen LogP contribution in [0.2, 0.25) is 0 Å². The van der Waals surface area contributed by atoms with Crippen LogP contribution in [0.3, 0.4) is 0 Å². The summed E-state index contributed by atoms with van der Waals surface area (Å²) in [7, 11) is 0. The number of nitrogens with zero attached hydrogens (tertiary/aromatic N) is 2. The number of aromatic hydroxyl groups is 1. The number of halogens is 1. The molecule has 0 saturated carbocycles. The average molecular weight is 450 g/mol. The maximum atomic E-state index is 13.9. The van der Waals surface area contributed by atoms with Gasteiger partial charge in [0.1, 0.15) is 12.3 Å². The van der Waals surface area contributed by atoms with E-state index in [2.05, 4.69) is 15.3 Å². The SMILES string of the molecule is CCc1cc(O)c(F)cc1-c1ccc(C(=N)c2nc(CNC(=O)OCCC#N)c[nH]2)c(N)c1. The number of phenols is 1. The van der Waals surface area contributed by atoms with Crippen molar-refractivity contribution >= 4 is 17.5 Å². The van der Waals surface area contributed by atoms with Gasteiger partial charge in [0.15, 0.2) is 17.4 Å². The maximum Gasteiger partial charge on any atom is 0.407 e. The molecule has 0 aliphatic carbocycles. The standard InChI is InChI=1S/C23H23FN6O3/c1-2-13-9-20(31)18(24)10-17(13)14-4-5-16(19(26)8-14)21(27)22-28-11-15(30-22)12-29-23(32)33-7-3-6-25/h4-5,8-11,27,31H,2-3,7,12,26H2,1H3,(H,28,30)(H,29,32). The van der Waals surface area contributed by atoms with E-state index in [0.29, 0.717) is 34.5 Å². The number of aryl methyl sites for hydroxylation is 1. The highest BCUT2D eigenvalue weighted by molar-refractivity contribution is 6.12. The predicted molar refractivity (Wildman–Crippen MR) is 120 cm³/mol. The van der Waals surface area contributed by atoms with Gasteiger partial charge in [0.2, 0.25) is 0 Å². The minimum absolute atomic E-state index is 0.00457. The number of rotatable bonds is 8. The van der Waals surface area contributed by atoms with Crippen LogP contribution in [-0.2, 0) is 17.7 Å². The monoisotopic (exact) mass is 450 g/mol. The first-order valence-electron chi connectivity index (χ1n) is 10.2. The fraction of sp³-hybridized carbons (Fsp3) is 0.217. The van der Waals surface area contributed by atoms with Gasteiger partial charge in [0.05, 0.1) is 24.7 Å². The number of amides is 1. The minimum atomic E-state index is -0.719. The molecule has 9 nitrogen and oxygen atoms in total. The minimum Gasteiger partial charge on any atom is -0.505 e. The number of hydrogen-bond acceptors (Lipinski definition) is 7. The highest BCUT2D eigenvalue weighted by atomic mass is 19.1. The second kappa shape index (κ2) is 10.3. The molecule has 0 unspecified atom stereocenters. The van der Waals surface area contributed by atoms with Gasteiger partial charge in [-0.05, 0) is 41.3 Å². The molecular formula is C23H23FN6O3. The van der Waals surface area contributed by atoms with Crippen molar-refractivity contribution in [2.45, 2.75) is 26.3 Å². The Kier molecular flexibility index (Phi) is 7.25. The lowest BCUT2D eigenvalue weighted by Gasteiger charge is -2.12. The molecule has 1 amide bonds. The van der Waals surface area contributed by atoms with Crippen LogP contribution in [0.25, 0.3) is 11.1 Å².